The Morgan fingerprint density at radius 1 is 1.27 bits per heavy atom. The van der Waals surface area contributed by atoms with Crippen LogP contribution in [-0.4, -0.2) is 14.5 Å². The summed E-state index contributed by atoms with van der Waals surface area (Å²) in [5.74, 6) is 1.36. The fraction of sp³-hybridized carbons (Fsp3) is 0.111. The highest BCUT2D eigenvalue weighted by Gasteiger charge is 2.07. The van der Waals surface area contributed by atoms with Gasteiger partial charge in [-0.15, -0.1) is 11.6 Å². The van der Waals surface area contributed by atoms with Crippen LogP contribution in [0.4, 0.5) is 0 Å². The minimum atomic E-state index is 0.492. The average Bonchev–Trinajstić information content (AvgIpc) is 2.60. The second kappa shape index (κ2) is 4.96. The number of imidazole rings is 1. The molecule has 3 nitrogen and oxygen atoms in total. The second-order valence-electron chi connectivity index (χ2n) is 2.85. The van der Waals surface area contributed by atoms with Gasteiger partial charge in [-0.1, -0.05) is 6.07 Å². The lowest BCUT2D eigenvalue weighted by molar-refractivity contribution is 0.964. The number of hydrogen-bond acceptors (Lipinski definition) is 2. The zero-order chi connectivity index (χ0) is 10.8. The molecule has 0 aliphatic rings. The van der Waals surface area contributed by atoms with Crippen LogP contribution in [0.25, 0.3) is 5.82 Å². The molecule has 2 rings (SSSR count). The Labute approximate surface area is 120 Å². The molecule has 0 saturated carbocycles. The maximum absolute atomic E-state index is 5.70. The van der Waals surface area contributed by atoms with Crippen LogP contribution in [0.1, 0.15) is 5.56 Å². The highest BCUT2D eigenvalue weighted by atomic mass is 127. The summed E-state index contributed by atoms with van der Waals surface area (Å²) in [4.78, 5) is 8.54. The first-order valence-electron chi connectivity index (χ1n) is 4.12. The van der Waals surface area contributed by atoms with Gasteiger partial charge in [0.1, 0.15) is 19.5 Å². The maximum Gasteiger partial charge on any atom is 0.138 e. The van der Waals surface area contributed by atoms with Crippen molar-refractivity contribution in [3.8, 4) is 5.82 Å². The number of pyridine rings is 1. The molecule has 0 fully saturated rings. The summed E-state index contributed by atoms with van der Waals surface area (Å²) in [5, 5.41) is 0. The molecule has 2 heterocycles. The van der Waals surface area contributed by atoms with Crippen LogP contribution in [0.2, 0.25) is 0 Å². The molecule has 0 N–H and O–H groups in total. The smallest absolute Gasteiger partial charge is 0.138 e. The quantitative estimate of drug-likeness (QED) is 0.525. The third-order valence-corrected chi connectivity index (χ3v) is 5.04. The van der Waals surface area contributed by atoms with Crippen molar-refractivity contribution >= 4 is 56.8 Å². The summed E-state index contributed by atoms with van der Waals surface area (Å²) in [5.41, 5.74) is 1.02. The largest absolute Gasteiger partial charge is 0.277 e. The van der Waals surface area contributed by atoms with E-state index >= 15 is 0 Å². The summed E-state index contributed by atoms with van der Waals surface area (Å²) >= 11 is 10.1. The van der Waals surface area contributed by atoms with Crippen molar-refractivity contribution in [2.45, 2.75) is 5.88 Å². The van der Waals surface area contributed by atoms with Gasteiger partial charge >= 0.3 is 0 Å². The maximum atomic E-state index is 5.70. The van der Waals surface area contributed by atoms with E-state index in [0.29, 0.717) is 5.88 Å². The van der Waals surface area contributed by atoms with Crippen LogP contribution in [0.5, 0.6) is 0 Å². The third-order valence-electron chi connectivity index (χ3n) is 1.88. The van der Waals surface area contributed by atoms with Crippen molar-refractivity contribution in [1.29, 1.82) is 0 Å². The Hall–Kier alpha value is 0.110. The number of hydrogen-bond donors (Lipinski definition) is 0. The zero-order valence-corrected chi connectivity index (χ0v) is 12.6. The number of rotatable bonds is 2. The summed E-state index contributed by atoms with van der Waals surface area (Å²) in [6, 6.07) is 3.91. The first kappa shape index (κ1) is 11.6. The molecule has 15 heavy (non-hydrogen) atoms. The number of halogens is 3. The van der Waals surface area contributed by atoms with Crippen LogP contribution in [0, 0.1) is 7.40 Å². The molecule has 0 spiro atoms. The lowest BCUT2D eigenvalue weighted by Gasteiger charge is -2.03. The highest BCUT2D eigenvalue weighted by Crippen LogP contribution is 2.17. The van der Waals surface area contributed by atoms with Crippen LogP contribution in [0.15, 0.2) is 24.7 Å². The first-order valence-corrected chi connectivity index (χ1v) is 6.81. The fourth-order valence-electron chi connectivity index (χ4n) is 1.11. The molecule has 6 heteroatoms. The van der Waals surface area contributed by atoms with E-state index in [1.165, 1.54) is 0 Å². The molecule has 0 bridgehead atoms. The normalized spacial score (nSPS) is 10.6. The van der Waals surface area contributed by atoms with E-state index in [0.717, 1.165) is 18.8 Å². The van der Waals surface area contributed by atoms with E-state index < -0.39 is 0 Å². The Bertz CT molecular complexity index is 467. The molecule has 0 unspecified atom stereocenters. The van der Waals surface area contributed by atoms with Crippen molar-refractivity contribution in [2.75, 3.05) is 0 Å². The molecule has 2 aromatic heterocycles. The summed E-state index contributed by atoms with van der Waals surface area (Å²) in [7, 11) is 0. The van der Waals surface area contributed by atoms with Crippen molar-refractivity contribution < 1.29 is 0 Å². The lowest BCUT2D eigenvalue weighted by Crippen LogP contribution is -1.98. The van der Waals surface area contributed by atoms with Gasteiger partial charge in [0.15, 0.2) is 0 Å². The van der Waals surface area contributed by atoms with Gasteiger partial charge in [-0.3, -0.25) is 4.57 Å². The number of aromatic nitrogens is 3. The summed E-state index contributed by atoms with van der Waals surface area (Å²) in [6.07, 6.45) is 3.55. The van der Waals surface area contributed by atoms with Crippen molar-refractivity contribution in [1.82, 2.24) is 14.5 Å². The molecular weight excluding hydrogens is 439 g/mol. The molecule has 0 amide bonds. The van der Waals surface area contributed by atoms with E-state index in [4.69, 9.17) is 11.6 Å². The Kier molecular flexibility index (Phi) is 3.83. The van der Waals surface area contributed by atoms with E-state index in [1.807, 2.05) is 16.7 Å². The van der Waals surface area contributed by atoms with Crippen molar-refractivity contribution in [3.05, 3.63) is 37.6 Å². The van der Waals surface area contributed by atoms with Crippen molar-refractivity contribution in [3.63, 3.8) is 0 Å². The fourth-order valence-corrected chi connectivity index (χ4v) is 2.16. The molecule has 0 aliphatic carbocycles. The van der Waals surface area contributed by atoms with Gasteiger partial charge in [0, 0.05) is 12.1 Å². The molecule has 2 aromatic rings. The van der Waals surface area contributed by atoms with Gasteiger partial charge in [-0.2, -0.15) is 0 Å². The second-order valence-corrected chi connectivity index (χ2v) is 5.17. The predicted molar refractivity (Wildman–Crippen MR) is 76.3 cm³/mol. The molecule has 0 atom stereocenters. The van der Waals surface area contributed by atoms with Crippen LogP contribution >= 0.6 is 56.8 Å². The summed E-state index contributed by atoms with van der Waals surface area (Å²) in [6.45, 7) is 0. The predicted octanol–water partition coefficient (Wildman–Crippen LogP) is 3.22. The zero-order valence-electron chi connectivity index (χ0n) is 7.49. The molecular formula is C9H6ClI2N3. The standard InChI is InChI=1S/C9H6ClI2N3/c10-3-6-1-2-7(13-4-6)15-5-14-8(11)9(15)12/h1-2,4-5H,3H2. The van der Waals surface area contributed by atoms with Gasteiger partial charge in [-0.25, -0.2) is 9.97 Å². The minimum absolute atomic E-state index is 0.492. The number of alkyl halides is 1. The summed E-state index contributed by atoms with van der Waals surface area (Å²) < 4.78 is 4.00. The first-order chi connectivity index (χ1) is 7.22. The van der Waals surface area contributed by atoms with Crippen LogP contribution in [0.3, 0.4) is 0 Å². The van der Waals surface area contributed by atoms with Crippen molar-refractivity contribution in [2.24, 2.45) is 0 Å². The molecule has 0 aliphatic heterocycles. The molecule has 78 valence electrons. The van der Waals surface area contributed by atoms with Crippen LogP contribution < -0.4 is 0 Å². The van der Waals surface area contributed by atoms with E-state index in [2.05, 4.69) is 55.1 Å². The van der Waals surface area contributed by atoms with E-state index in [1.54, 1.807) is 12.5 Å². The van der Waals surface area contributed by atoms with Crippen LogP contribution in [-0.2, 0) is 5.88 Å². The van der Waals surface area contributed by atoms with E-state index in [-0.39, 0.29) is 0 Å². The minimum Gasteiger partial charge on any atom is -0.277 e. The topological polar surface area (TPSA) is 30.7 Å². The average molecular weight is 445 g/mol. The van der Waals surface area contributed by atoms with Gasteiger partial charge < -0.3 is 0 Å². The van der Waals surface area contributed by atoms with Gasteiger partial charge in [0.05, 0.1) is 0 Å². The lowest BCUT2D eigenvalue weighted by atomic mass is 10.3. The van der Waals surface area contributed by atoms with E-state index in [9.17, 15) is 0 Å². The highest BCUT2D eigenvalue weighted by molar-refractivity contribution is 14.1. The Morgan fingerprint density at radius 2 is 2.07 bits per heavy atom. The Morgan fingerprint density at radius 3 is 2.53 bits per heavy atom. The monoisotopic (exact) mass is 445 g/mol. The number of nitrogens with zero attached hydrogens (tertiary/aromatic N) is 3. The molecule has 0 saturated heterocycles. The molecule has 0 radical (unpaired) electrons. The Balaban J connectivity index is 2.41. The third kappa shape index (κ3) is 2.44. The molecule has 0 aromatic carbocycles. The van der Waals surface area contributed by atoms with Gasteiger partial charge in [0.2, 0.25) is 0 Å². The SMILES string of the molecule is ClCc1ccc(-n2cnc(I)c2I)nc1. The van der Waals surface area contributed by atoms with Gasteiger partial charge in [0.25, 0.3) is 0 Å². The van der Waals surface area contributed by atoms with Gasteiger partial charge in [-0.05, 0) is 56.8 Å².